The first-order valence-electron chi connectivity index (χ1n) is 0. The van der Waals surface area contributed by atoms with Crippen LogP contribution in [0.25, 0.3) is 0 Å². The van der Waals surface area contributed by atoms with Crippen LogP contribution in [-0.4, -0.2) is 109 Å². The zero-order valence-electron chi connectivity index (χ0n) is 8.21. The molecular weight excluding hydrogens is 313 g/mol. The van der Waals surface area contributed by atoms with Gasteiger partial charge in [0, 0.05) is 0 Å². The molecule has 0 aliphatic rings. The number of rotatable bonds is 0. The quantitative estimate of drug-likeness (QED) is 0.371. The summed E-state index contributed by atoms with van der Waals surface area (Å²) in [6.45, 7) is 0. The molecule has 0 fully saturated rings. The Bertz CT molecular complexity index is 13.2. The van der Waals surface area contributed by atoms with Gasteiger partial charge < -0.3 is 63.1 Å². The molecule has 0 atom stereocenters. The Labute approximate surface area is 111 Å². The topological polar surface area (TPSA) is 346 Å². The summed E-state index contributed by atoms with van der Waals surface area (Å²) in [5.41, 5.74) is 0. The van der Waals surface area contributed by atoms with Gasteiger partial charge in [-0.15, -0.1) is 0 Å². The molecule has 0 aliphatic carbocycles. The van der Waals surface area contributed by atoms with E-state index in [1.54, 1.807) is 0 Å². The van der Waals surface area contributed by atoms with Crippen LogP contribution in [0, 0.1) is 0 Å². The summed E-state index contributed by atoms with van der Waals surface area (Å²) in [6.07, 6.45) is 0. The van der Waals surface area contributed by atoms with Gasteiger partial charge in [0.25, 0.3) is 0 Å². The first-order valence-corrected chi connectivity index (χ1v) is 0. The Morgan fingerprint density at radius 3 is 0.250 bits per heavy atom. The van der Waals surface area contributed by atoms with E-state index in [4.69, 9.17) is 0 Å². The van der Waals surface area contributed by atoms with Crippen LogP contribution in [0.4, 0.5) is 0 Å². The van der Waals surface area contributed by atoms with Crippen molar-refractivity contribution in [3.8, 4) is 0 Å². The van der Waals surface area contributed by atoms with Crippen molar-refractivity contribution in [3.05, 3.63) is 0 Å². The molecule has 12 heavy (non-hydrogen) atoms. The minimum Gasteiger partial charge on any atom is -1.00 e. The van der Waals surface area contributed by atoms with E-state index in [0.717, 1.165) is 0 Å². The predicted octanol–water partition coefficient (Wildman–Crippen LogP) is -9.23. The SMILES string of the molecule is O.O.O.O.O.O.O.O.O.O.O.[Ba+2].[H-].[H-]. The fourth-order valence-electron chi connectivity index (χ4n) is 0. The number of hydrogen-bond donors (Lipinski definition) is 0. The molecule has 0 heterocycles. The first kappa shape index (κ1) is 1510. The van der Waals surface area contributed by atoms with Crippen molar-refractivity contribution in [1.29, 1.82) is 0 Å². The third-order valence-electron chi connectivity index (χ3n) is 0. The Hall–Kier alpha value is 1.13. The molecule has 0 aromatic heterocycles. The molecule has 11 nitrogen and oxygen atoms in total. The maximum atomic E-state index is 0. The van der Waals surface area contributed by atoms with Crippen LogP contribution in [0.5, 0.6) is 0 Å². The fourth-order valence-corrected chi connectivity index (χ4v) is 0. The smallest absolute Gasteiger partial charge is 1.00 e. The summed E-state index contributed by atoms with van der Waals surface area (Å²) in [6, 6.07) is 0. The molecular formula is H24BaO11. The van der Waals surface area contributed by atoms with Gasteiger partial charge in [-0.3, -0.25) is 0 Å². The van der Waals surface area contributed by atoms with E-state index >= 15 is 0 Å². The first-order chi connectivity index (χ1) is 0. The van der Waals surface area contributed by atoms with E-state index in [1.807, 2.05) is 0 Å². The molecule has 12 heteroatoms. The van der Waals surface area contributed by atoms with Crippen LogP contribution in [0.1, 0.15) is 2.85 Å². The Kier molecular flexibility index (Phi) is 148000. The van der Waals surface area contributed by atoms with E-state index in [2.05, 4.69) is 0 Å². The zero-order valence-corrected chi connectivity index (χ0v) is 10.6. The van der Waals surface area contributed by atoms with Crippen molar-refractivity contribution in [3.63, 3.8) is 0 Å². The van der Waals surface area contributed by atoms with Gasteiger partial charge in [-0.1, -0.05) is 0 Å². The number of hydrogen-bond acceptors (Lipinski definition) is 0. The van der Waals surface area contributed by atoms with Crippen molar-refractivity contribution in [2.24, 2.45) is 0 Å². The van der Waals surface area contributed by atoms with E-state index in [1.165, 1.54) is 0 Å². The van der Waals surface area contributed by atoms with Crippen LogP contribution in [0.3, 0.4) is 0 Å². The second kappa shape index (κ2) is 1170. The minimum absolute atomic E-state index is 0. The van der Waals surface area contributed by atoms with Gasteiger partial charge >= 0.3 is 48.9 Å². The zero-order chi connectivity index (χ0) is 0. The van der Waals surface area contributed by atoms with Crippen molar-refractivity contribution in [2.75, 3.05) is 0 Å². The summed E-state index contributed by atoms with van der Waals surface area (Å²) in [7, 11) is 0. The van der Waals surface area contributed by atoms with Crippen LogP contribution in [0.2, 0.25) is 0 Å². The molecule has 0 aromatic rings. The van der Waals surface area contributed by atoms with E-state index in [9.17, 15) is 0 Å². The van der Waals surface area contributed by atoms with E-state index in [-0.39, 0.29) is 112 Å². The average Bonchev–Trinajstić information content (AvgIpc) is 0. The van der Waals surface area contributed by atoms with Crippen LogP contribution >= 0.6 is 0 Å². The summed E-state index contributed by atoms with van der Waals surface area (Å²) in [4.78, 5) is 0. The molecule has 0 amide bonds. The Morgan fingerprint density at radius 2 is 0.250 bits per heavy atom. The van der Waals surface area contributed by atoms with Crippen molar-refractivity contribution >= 4 is 48.9 Å². The van der Waals surface area contributed by atoms with Gasteiger partial charge in [0.05, 0.1) is 0 Å². The van der Waals surface area contributed by atoms with Crippen LogP contribution in [-0.2, 0) is 0 Å². The van der Waals surface area contributed by atoms with Gasteiger partial charge in [0.2, 0.25) is 0 Å². The van der Waals surface area contributed by atoms with Crippen LogP contribution in [0.15, 0.2) is 0 Å². The third kappa shape index (κ3) is 893. The monoisotopic (exact) mass is 338 g/mol. The maximum Gasteiger partial charge on any atom is 2.00 e. The molecule has 0 aliphatic heterocycles. The van der Waals surface area contributed by atoms with Crippen molar-refractivity contribution < 1.29 is 63.1 Å². The molecule has 0 rings (SSSR count). The van der Waals surface area contributed by atoms with Gasteiger partial charge in [-0.05, 0) is 0 Å². The van der Waals surface area contributed by atoms with Gasteiger partial charge in [0.15, 0.2) is 0 Å². The molecule has 0 radical (unpaired) electrons. The standard InChI is InChI=1S/Ba.11H2O.2H/h;11*1H2;;/q+2;;;;;;;;;;;;2*-1. The molecule has 0 aromatic carbocycles. The summed E-state index contributed by atoms with van der Waals surface area (Å²) in [5.74, 6) is 0. The average molecular weight is 338 g/mol. The molecule has 22 N–H and O–H groups in total. The van der Waals surface area contributed by atoms with Gasteiger partial charge in [0.1, 0.15) is 0 Å². The second-order valence-corrected chi connectivity index (χ2v) is 0. The van der Waals surface area contributed by atoms with Crippen molar-refractivity contribution in [1.82, 2.24) is 0 Å². The molecule has 0 bridgehead atoms. The normalized spacial score (nSPS) is 0. The molecule has 0 saturated carbocycles. The Balaban J connectivity index is 0. The maximum absolute atomic E-state index is 0. The van der Waals surface area contributed by atoms with Crippen LogP contribution < -0.4 is 0 Å². The Morgan fingerprint density at radius 1 is 0.250 bits per heavy atom. The van der Waals surface area contributed by atoms with Gasteiger partial charge in [-0.25, -0.2) is 0 Å². The van der Waals surface area contributed by atoms with Gasteiger partial charge in [-0.2, -0.15) is 0 Å². The molecule has 92 valence electrons. The summed E-state index contributed by atoms with van der Waals surface area (Å²) < 4.78 is 0. The summed E-state index contributed by atoms with van der Waals surface area (Å²) >= 11 is 0. The minimum atomic E-state index is 0. The third-order valence-corrected chi connectivity index (χ3v) is 0. The predicted molar refractivity (Wildman–Crippen MR) is 47.7 cm³/mol. The molecule has 0 unspecified atom stereocenters. The largest absolute Gasteiger partial charge is 2.00 e. The second-order valence-electron chi connectivity index (χ2n) is 0. The summed E-state index contributed by atoms with van der Waals surface area (Å²) in [5, 5.41) is 0. The molecule has 0 saturated heterocycles. The van der Waals surface area contributed by atoms with E-state index in [0.29, 0.717) is 0 Å². The molecule has 0 spiro atoms. The van der Waals surface area contributed by atoms with Crippen molar-refractivity contribution in [2.45, 2.75) is 0 Å². The fraction of sp³-hybridized carbons (Fsp3) is 0. The van der Waals surface area contributed by atoms with E-state index < -0.39 is 0 Å².